The van der Waals surface area contributed by atoms with Gasteiger partial charge >= 0.3 is 11.9 Å². The molecule has 0 spiro atoms. The average Bonchev–Trinajstić information content (AvgIpc) is 2.10. The molecule has 0 aromatic carbocycles. The summed E-state index contributed by atoms with van der Waals surface area (Å²) in [7, 11) is 0. The van der Waals surface area contributed by atoms with E-state index in [9.17, 15) is 14.4 Å². The van der Waals surface area contributed by atoms with Gasteiger partial charge in [0.1, 0.15) is 0 Å². The van der Waals surface area contributed by atoms with Gasteiger partial charge in [-0.3, -0.25) is 9.59 Å². The van der Waals surface area contributed by atoms with E-state index in [1.807, 2.05) is 6.92 Å². The molecular weight excluding hydrogens is 188 g/mol. The molecule has 0 radical (unpaired) electrons. The van der Waals surface area contributed by atoms with Crippen molar-refractivity contribution in [2.45, 2.75) is 32.6 Å². The Morgan fingerprint density at radius 1 is 1.21 bits per heavy atom. The Hall–Kier alpha value is -1.39. The fraction of sp³-hybridized carbons (Fsp3) is 0.667. The van der Waals surface area contributed by atoms with Crippen LogP contribution in [0.15, 0.2) is 0 Å². The highest BCUT2D eigenvalue weighted by molar-refractivity contribution is 6.33. The van der Waals surface area contributed by atoms with Gasteiger partial charge in [0.25, 0.3) is 0 Å². The molecule has 0 fully saturated rings. The molecular formula is C9H14O5. The van der Waals surface area contributed by atoms with Crippen molar-refractivity contribution >= 4 is 17.7 Å². The summed E-state index contributed by atoms with van der Waals surface area (Å²) in [6.07, 6.45) is 1.45. The van der Waals surface area contributed by atoms with Crippen LogP contribution in [0.3, 0.4) is 0 Å². The predicted octanol–water partition coefficient (Wildman–Crippen LogP) is 0.921. The van der Waals surface area contributed by atoms with E-state index >= 15 is 0 Å². The van der Waals surface area contributed by atoms with Crippen molar-refractivity contribution in [2.75, 3.05) is 0 Å². The first-order valence-corrected chi connectivity index (χ1v) is 4.48. The maximum atomic E-state index is 10.8. The summed E-state index contributed by atoms with van der Waals surface area (Å²) in [6.45, 7) is 1.90. The van der Waals surface area contributed by atoms with E-state index in [-0.39, 0.29) is 0 Å². The van der Waals surface area contributed by atoms with Crippen molar-refractivity contribution in [3.8, 4) is 0 Å². The molecule has 0 heterocycles. The summed E-state index contributed by atoms with van der Waals surface area (Å²) >= 11 is 0. The molecule has 0 bridgehead atoms. The van der Waals surface area contributed by atoms with Gasteiger partial charge in [0.15, 0.2) is 0 Å². The Bertz CT molecular complexity index is 233. The van der Waals surface area contributed by atoms with Crippen LogP contribution in [0, 0.1) is 5.92 Å². The number of ketones is 1. The van der Waals surface area contributed by atoms with Crippen molar-refractivity contribution in [2.24, 2.45) is 5.92 Å². The van der Waals surface area contributed by atoms with Crippen molar-refractivity contribution in [3.05, 3.63) is 0 Å². The Kier molecular flexibility index (Phi) is 5.52. The molecule has 14 heavy (non-hydrogen) atoms. The Morgan fingerprint density at radius 3 is 2.14 bits per heavy atom. The van der Waals surface area contributed by atoms with Crippen LogP contribution in [0.2, 0.25) is 0 Å². The van der Waals surface area contributed by atoms with Crippen LogP contribution in [0.1, 0.15) is 32.6 Å². The highest BCUT2D eigenvalue weighted by Gasteiger charge is 2.23. The Morgan fingerprint density at radius 2 is 1.79 bits per heavy atom. The van der Waals surface area contributed by atoms with Crippen LogP contribution in [-0.4, -0.2) is 27.9 Å². The van der Waals surface area contributed by atoms with Gasteiger partial charge in [0.2, 0.25) is 5.78 Å². The predicted molar refractivity (Wildman–Crippen MR) is 47.9 cm³/mol. The smallest absolute Gasteiger partial charge is 0.372 e. The number of rotatable bonds is 7. The zero-order valence-corrected chi connectivity index (χ0v) is 8.02. The van der Waals surface area contributed by atoms with E-state index in [1.165, 1.54) is 0 Å². The third kappa shape index (κ3) is 4.59. The van der Waals surface area contributed by atoms with Crippen LogP contribution in [0.5, 0.6) is 0 Å². The van der Waals surface area contributed by atoms with Crippen LogP contribution in [0.4, 0.5) is 0 Å². The number of unbranched alkanes of at least 4 members (excludes halogenated alkanes) is 1. The van der Waals surface area contributed by atoms with Gasteiger partial charge < -0.3 is 10.2 Å². The number of carbonyl (C=O) groups is 3. The molecule has 0 aromatic heterocycles. The second-order valence-electron chi connectivity index (χ2n) is 3.11. The molecule has 0 rings (SSSR count). The van der Waals surface area contributed by atoms with Crippen molar-refractivity contribution in [1.29, 1.82) is 0 Å². The topological polar surface area (TPSA) is 91.7 Å². The summed E-state index contributed by atoms with van der Waals surface area (Å²) in [6, 6.07) is 0. The number of carbonyl (C=O) groups excluding carboxylic acids is 1. The lowest BCUT2D eigenvalue weighted by molar-refractivity contribution is -0.151. The number of aliphatic carboxylic acids is 2. The standard InChI is InChI=1S/C9H14O5/c1-2-3-4-6(8(11)12)5-7(10)9(13)14/h6H,2-5H2,1H3,(H,11,12)(H,13,14). The Balaban J connectivity index is 4.16. The molecule has 0 aliphatic carbocycles. The van der Waals surface area contributed by atoms with E-state index in [2.05, 4.69) is 0 Å². The molecule has 0 aromatic rings. The molecule has 0 aliphatic heterocycles. The summed E-state index contributed by atoms with van der Waals surface area (Å²) in [4.78, 5) is 31.6. The number of hydrogen-bond acceptors (Lipinski definition) is 3. The second kappa shape index (κ2) is 6.12. The molecule has 80 valence electrons. The molecule has 5 nitrogen and oxygen atoms in total. The van der Waals surface area contributed by atoms with E-state index in [1.54, 1.807) is 0 Å². The number of carboxylic acids is 2. The van der Waals surface area contributed by atoms with E-state index < -0.39 is 30.1 Å². The van der Waals surface area contributed by atoms with Crippen molar-refractivity contribution in [1.82, 2.24) is 0 Å². The van der Waals surface area contributed by atoms with Gasteiger partial charge in [-0.2, -0.15) is 0 Å². The van der Waals surface area contributed by atoms with E-state index in [0.29, 0.717) is 12.8 Å². The summed E-state index contributed by atoms with van der Waals surface area (Å²) in [5, 5.41) is 17.0. The van der Waals surface area contributed by atoms with Gasteiger partial charge in [-0.15, -0.1) is 0 Å². The molecule has 2 N–H and O–H groups in total. The molecule has 1 atom stereocenters. The number of hydrogen-bond donors (Lipinski definition) is 2. The fourth-order valence-electron chi connectivity index (χ4n) is 1.07. The number of carboxylic acid groups (broad SMARTS) is 2. The quantitative estimate of drug-likeness (QED) is 0.599. The lowest BCUT2D eigenvalue weighted by Gasteiger charge is -2.08. The van der Waals surface area contributed by atoms with Crippen LogP contribution in [0.25, 0.3) is 0 Å². The number of Topliss-reactive ketones (excluding diaryl/α,β-unsaturated/α-hetero) is 1. The zero-order valence-electron chi connectivity index (χ0n) is 8.02. The van der Waals surface area contributed by atoms with Gasteiger partial charge in [0, 0.05) is 6.42 Å². The molecule has 1 unspecified atom stereocenters. The second-order valence-corrected chi connectivity index (χ2v) is 3.11. The minimum Gasteiger partial charge on any atom is -0.481 e. The SMILES string of the molecule is CCCCC(CC(=O)C(=O)O)C(=O)O. The molecule has 0 saturated heterocycles. The molecule has 5 heteroatoms. The molecule has 0 amide bonds. The average molecular weight is 202 g/mol. The maximum absolute atomic E-state index is 10.8. The van der Waals surface area contributed by atoms with Crippen molar-refractivity contribution < 1.29 is 24.6 Å². The lowest BCUT2D eigenvalue weighted by atomic mass is 9.96. The third-order valence-electron chi connectivity index (χ3n) is 1.93. The van der Waals surface area contributed by atoms with Crippen molar-refractivity contribution in [3.63, 3.8) is 0 Å². The third-order valence-corrected chi connectivity index (χ3v) is 1.93. The first-order chi connectivity index (χ1) is 6.49. The Labute approximate surface area is 81.7 Å². The highest BCUT2D eigenvalue weighted by atomic mass is 16.4. The summed E-state index contributed by atoms with van der Waals surface area (Å²) < 4.78 is 0. The first kappa shape index (κ1) is 12.6. The summed E-state index contributed by atoms with van der Waals surface area (Å²) in [5.41, 5.74) is 0. The largest absolute Gasteiger partial charge is 0.481 e. The van der Waals surface area contributed by atoms with Gasteiger partial charge in [-0.25, -0.2) is 4.79 Å². The van der Waals surface area contributed by atoms with Crippen LogP contribution in [-0.2, 0) is 14.4 Å². The minimum absolute atomic E-state index is 0.352. The fourth-order valence-corrected chi connectivity index (χ4v) is 1.07. The molecule has 0 saturated carbocycles. The lowest BCUT2D eigenvalue weighted by Crippen LogP contribution is -2.22. The monoisotopic (exact) mass is 202 g/mol. The highest BCUT2D eigenvalue weighted by Crippen LogP contribution is 2.13. The molecule has 0 aliphatic rings. The zero-order chi connectivity index (χ0) is 11.1. The summed E-state index contributed by atoms with van der Waals surface area (Å²) in [5.74, 6) is -4.56. The van der Waals surface area contributed by atoms with Gasteiger partial charge in [0.05, 0.1) is 5.92 Å². The first-order valence-electron chi connectivity index (χ1n) is 4.48. The minimum atomic E-state index is -1.56. The van der Waals surface area contributed by atoms with E-state index in [4.69, 9.17) is 10.2 Å². The van der Waals surface area contributed by atoms with Gasteiger partial charge in [-0.05, 0) is 6.42 Å². The van der Waals surface area contributed by atoms with Crippen LogP contribution >= 0.6 is 0 Å². The normalized spacial score (nSPS) is 12.1. The van der Waals surface area contributed by atoms with Crippen LogP contribution < -0.4 is 0 Å². The van der Waals surface area contributed by atoms with E-state index in [0.717, 1.165) is 6.42 Å². The van der Waals surface area contributed by atoms with Gasteiger partial charge in [-0.1, -0.05) is 19.8 Å². The maximum Gasteiger partial charge on any atom is 0.372 e.